The monoisotopic (exact) mass is 354 g/mol. The van der Waals surface area contributed by atoms with Crippen LogP contribution in [-0.2, 0) is 9.59 Å². The molecule has 5 nitrogen and oxygen atoms in total. The number of piperazine rings is 1. The maximum atomic E-state index is 12.4. The maximum absolute atomic E-state index is 12.4. The molecule has 2 N–H and O–H groups in total. The summed E-state index contributed by atoms with van der Waals surface area (Å²) < 4.78 is 0.998. The van der Waals surface area contributed by atoms with Crippen LogP contribution in [0.5, 0.6) is 0 Å². The fraction of sp³-hybridized carbons (Fsp3) is 0.467. The minimum atomic E-state index is -0.952. The topological polar surface area (TPSA) is 69.6 Å². The molecule has 1 aliphatic rings. The SMILES string of the molecule is CC(CC(=O)N1CCNCC1C(=O)O)c1ccc(Br)cc1. The fourth-order valence-corrected chi connectivity index (χ4v) is 2.78. The third-order valence-corrected chi connectivity index (χ3v) is 4.30. The highest BCUT2D eigenvalue weighted by Crippen LogP contribution is 2.22. The van der Waals surface area contributed by atoms with E-state index in [1.165, 1.54) is 4.90 Å². The Kier molecular flexibility index (Phi) is 5.36. The standard InChI is InChI=1S/C15H19BrN2O3/c1-10(11-2-4-12(16)5-3-11)8-14(19)18-7-6-17-9-13(18)15(20)21/h2-5,10,13,17H,6-9H2,1H3,(H,20,21). The Morgan fingerprint density at radius 3 is 2.71 bits per heavy atom. The van der Waals surface area contributed by atoms with Crippen molar-refractivity contribution in [2.75, 3.05) is 19.6 Å². The van der Waals surface area contributed by atoms with E-state index in [0.29, 0.717) is 26.1 Å². The number of rotatable bonds is 4. The Morgan fingerprint density at radius 2 is 2.10 bits per heavy atom. The molecule has 114 valence electrons. The van der Waals surface area contributed by atoms with Crippen molar-refractivity contribution in [1.82, 2.24) is 10.2 Å². The van der Waals surface area contributed by atoms with E-state index in [1.54, 1.807) is 0 Å². The number of hydrogen-bond donors (Lipinski definition) is 2. The summed E-state index contributed by atoms with van der Waals surface area (Å²) in [6.07, 6.45) is 0.325. The molecule has 0 spiro atoms. The van der Waals surface area contributed by atoms with E-state index < -0.39 is 12.0 Å². The van der Waals surface area contributed by atoms with Gasteiger partial charge in [0, 0.05) is 30.5 Å². The van der Waals surface area contributed by atoms with Crippen LogP contribution >= 0.6 is 15.9 Å². The summed E-state index contributed by atoms with van der Waals surface area (Å²) in [5, 5.41) is 12.2. The van der Waals surface area contributed by atoms with Crippen LogP contribution in [0.25, 0.3) is 0 Å². The highest BCUT2D eigenvalue weighted by atomic mass is 79.9. The van der Waals surface area contributed by atoms with Crippen LogP contribution in [0.15, 0.2) is 28.7 Å². The van der Waals surface area contributed by atoms with E-state index in [2.05, 4.69) is 21.2 Å². The number of carboxylic acid groups (broad SMARTS) is 1. The second-order valence-corrected chi connectivity index (χ2v) is 6.22. The molecule has 0 aromatic heterocycles. The van der Waals surface area contributed by atoms with Crippen LogP contribution in [0.3, 0.4) is 0 Å². The predicted molar refractivity (Wildman–Crippen MR) is 83.2 cm³/mol. The average molecular weight is 355 g/mol. The first-order valence-electron chi connectivity index (χ1n) is 6.97. The van der Waals surface area contributed by atoms with Gasteiger partial charge in [0.1, 0.15) is 6.04 Å². The molecule has 6 heteroatoms. The van der Waals surface area contributed by atoms with E-state index in [1.807, 2.05) is 31.2 Å². The molecule has 0 bridgehead atoms. The first-order chi connectivity index (χ1) is 9.99. The first-order valence-corrected chi connectivity index (χ1v) is 7.77. The second-order valence-electron chi connectivity index (χ2n) is 5.30. The van der Waals surface area contributed by atoms with Gasteiger partial charge in [-0.25, -0.2) is 4.79 Å². The Bertz CT molecular complexity index is 518. The fourth-order valence-electron chi connectivity index (χ4n) is 2.51. The van der Waals surface area contributed by atoms with Gasteiger partial charge in [-0.15, -0.1) is 0 Å². The van der Waals surface area contributed by atoms with Gasteiger partial charge in [-0.2, -0.15) is 0 Å². The van der Waals surface area contributed by atoms with Crippen molar-refractivity contribution < 1.29 is 14.7 Å². The number of hydrogen-bond acceptors (Lipinski definition) is 3. The highest BCUT2D eigenvalue weighted by molar-refractivity contribution is 9.10. The van der Waals surface area contributed by atoms with Gasteiger partial charge < -0.3 is 15.3 Å². The molecule has 1 fully saturated rings. The first kappa shape index (κ1) is 16.0. The molecule has 2 rings (SSSR count). The van der Waals surface area contributed by atoms with E-state index in [-0.39, 0.29) is 11.8 Å². The van der Waals surface area contributed by atoms with Crippen molar-refractivity contribution in [2.24, 2.45) is 0 Å². The zero-order valence-corrected chi connectivity index (χ0v) is 13.5. The lowest BCUT2D eigenvalue weighted by Gasteiger charge is -2.34. The number of carbonyl (C=O) groups is 2. The minimum absolute atomic E-state index is 0.0648. The van der Waals surface area contributed by atoms with Crippen molar-refractivity contribution in [1.29, 1.82) is 0 Å². The molecule has 0 aliphatic carbocycles. The molecule has 21 heavy (non-hydrogen) atoms. The van der Waals surface area contributed by atoms with E-state index in [4.69, 9.17) is 0 Å². The summed E-state index contributed by atoms with van der Waals surface area (Å²) in [5.74, 6) is -0.985. The summed E-state index contributed by atoms with van der Waals surface area (Å²) in [7, 11) is 0. The summed E-state index contributed by atoms with van der Waals surface area (Å²) in [6, 6.07) is 7.09. The molecule has 2 atom stereocenters. The molecule has 0 saturated carbocycles. The largest absolute Gasteiger partial charge is 0.480 e. The second kappa shape index (κ2) is 7.04. The normalized spacial score (nSPS) is 20.1. The molecule has 1 heterocycles. The number of nitrogens with one attached hydrogen (secondary N) is 1. The third-order valence-electron chi connectivity index (χ3n) is 3.77. The van der Waals surface area contributed by atoms with Crippen LogP contribution in [0.2, 0.25) is 0 Å². The van der Waals surface area contributed by atoms with Gasteiger partial charge in [0.25, 0.3) is 0 Å². The van der Waals surface area contributed by atoms with Crippen LogP contribution in [0.1, 0.15) is 24.8 Å². The molecule has 1 aromatic rings. The Hall–Kier alpha value is -1.40. The predicted octanol–water partition coefficient (Wildman–Crippen LogP) is 1.83. The number of aliphatic carboxylic acids is 1. The summed E-state index contributed by atoms with van der Waals surface area (Å²) >= 11 is 3.38. The zero-order chi connectivity index (χ0) is 15.4. The molecular weight excluding hydrogens is 336 g/mol. The minimum Gasteiger partial charge on any atom is -0.480 e. The van der Waals surface area contributed by atoms with Gasteiger partial charge in [-0.1, -0.05) is 35.0 Å². The zero-order valence-electron chi connectivity index (χ0n) is 11.9. The summed E-state index contributed by atoms with van der Waals surface area (Å²) in [5.41, 5.74) is 1.08. The highest BCUT2D eigenvalue weighted by Gasteiger charge is 2.32. The van der Waals surface area contributed by atoms with E-state index >= 15 is 0 Å². The molecule has 0 radical (unpaired) electrons. The number of carbonyl (C=O) groups excluding carboxylic acids is 1. The Labute approximate surface area is 132 Å². The van der Waals surface area contributed by atoms with Crippen LogP contribution in [0, 0.1) is 0 Å². The van der Waals surface area contributed by atoms with Gasteiger partial charge in [0.15, 0.2) is 0 Å². The van der Waals surface area contributed by atoms with Crippen molar-refractivity contribution in [3.63, 3.8) is 0 Å². The van der Waals surface area contributed by atoms with Crippen LogP contribution in [0.4, 0.5) is 0 Å². The molecule has 1 aliphatic heterocycles. The Morgan fingerprint density at radius 1 is 1.43 bits per heavy atom. The quantitative estimate of drug-likeness (QED) is 0.865. The van der Waals surface area contributed by atoms with Gasteiger partial charge in [0.2, 0.25) is 5.91 Å². The summed E-state index contributed by atoms with van der Waals surface area (Å²) in [4.78, 5) is 25.1. The lowest BCUT2D eigenvalue weighted by Crippen LogP contribution is -2.57. The van der Waals surface area contributed by atoms with Crippen molar-refractivity contribution in [3.05, 3.63) is 34.3 Å². The van der Waals surface area contributed by atoms with Crippen molar-refractivity contribution in [3.8, 4) is 0 Å². The van der Waals surface area contributed by atoms with Gasteiger partial charge in [-0.3, -0.25) is 4.79 Å². The number of benzene rings is 1. The molecular formula is C15H19BrN2O3. The van der Waals surface area contributed by atoms with Gasteiger partial charge >= 0.3 is 5.97 Å². The lowest BCUT2D eigenvalue weighted by molar-refractivity contribution is -0.151. The molecule has 1 aromatic carbocycles. The maximum Gasteiger partial charge on any atom is 0.327 e. The number of nitrogens with zero attached hydrogens (tertiary/aromatic N) is 1. The molecule has 1 amide bonds. The van der Waals surface area contributed by atoms with Crippen LogP contribution < -0.4 is 5.32 Å². The number of carboxylic acids is 1. The average Bonchev–Trinajstić information content (AvgIpc) is 2.47. The lowest BCUT2D eigenvalue weighted by atomic mass is 9.96. The van der Waals surface area contributed by atoms with E-state index in [0.717, 1.165) is 10.0 Å². The van der Waals surface area contributed by atoms with Gasteiger partial charge in [-0.05, 0) is 23.6 Å². The molecule has 1 saturated heterocycles. The van der Waals surface area contributed by atoms with Crippen molar-refractivity contribution in [2.45, 2.75) is 25.3 Å². The third kappa shape index (κ3) is 4.04. The number of amides is 1. The van der Waals surface area contributed by atoms with E-state index in [9.17, 15) is 14.7 Å². The van der Waals surface area contributed by atoms with Crippen molar-refractivity contribution >= 4 is 27.8 Å². The van der Waals surface area contributed by atoms with Crippen LogP contribution in [-0.4, -0.2) is 47.6 Å². The molecule has 2 unspecified atom stereocenters. The smallest absolute Gasteiger partial charge is 0.327 e. The summed E-state index contributed by atoms with van der Waals surface area (Å²) in [6.45, 7) is 3.39. The Balaban J connectivity index is 2.02. The van der Waals surface area contributed by atoms with Gasteiger partial charge in [0.05, 0.1) is 0 Å². The number of halogens is 1.